The maximum atomic E-state index is 13.1. The molecule has 0 bridgehead atoms. The van der Waals surface area contributed by atoms with E-state index < -0.39 is 16.1 Å². The molecule has 160 valence electrons. The maximum Gasteiger partial charge on any atom is 0.267 e. The zero-order chi connectivity index (χ0) is 21.3. The Morgan fingerprint density at radius 2 is 1.83 bits per heavy atom. The molecule has 1 atom stereocenters. The molecule has 2 aliphatic heterocycles. The molecule has 1 saturated heterocycles. The molecule has 0 unspecified atom stereocenters. The van der Waals surface area contributed by atoms with Gasteiger partial charge < -0.3 is 14.4 Å². The van der Waals surface area contributed by atoms with E-state index in [1.807, 2.05) is 30.0 Å². The van der Waals surface area contributed by atoms with Crippen molar-refractivity contribution >= 4 is 21.6 Å². The van der Waals surface area contributed by atoms with Gasteiger partial charge in [-0.15, -0.1) is 0 Å². The average Bonchev–Trinajstić information content (AvgIpc) is 2.78. The summed E-state index contributed by atoms with van der Waals surface area (Å²) in [4.78, 5) is 14.6. The molecule has 7 nitrogen and oxygen atoms in total. The highest BCUT2D eigenvalue weighted by atomic mass is 32.2. The van der Waals surface area contributed by atoms with Crippen LogP contribution in [0.1, 0.15) is 24.8 Å². The van der Waals surface area contributed by atoms with E-state index in [1.54, 1.807) is 12.1 Å². The third-order valence-electron chi connectivity index (χ3n) is 5.54. The third kappa shape index (κ3) is 3.96. The topological polar surface area (TPSA) is 76.2 Å². The van der Waals surface area contributed by atoms with Crippen molar-refractivity contribution in [3.05, 3.63) is 48.0 Å². The minimum absolute atomic E-state index is 0.0690. The van der Waals surface area contributed by atoms with E-state index in [9.17, 15) is 13.2 Å². The second-order valence-corrected chi connectivity index (χ2v) is 9.69. The summed E-state index contributed by atoms with van der Waals surface area (Å²) in [5.41, 5.74) is 1.55. The van der Waals surface area contributed by atoms with Gasteiger partial charge in [-0.25, -0.2) is 8.42 Å². The number of piperidine rings is 1. The van der Waals surface area contributed by atoms with Gasteiger partial charge in [0.2, 0.25) is 6.10 Å². The Kier molecular flexibility index (Phi) is 5.60. The van der Waals surface area contributed by atoms with Crippen LogP contribution < -0.4 is 13.8 Å². The first-order chi connectivity index (χ1) is 14.4. The van der Waals surface area contributed by atoms with E-state index in [0.29, 0.717) is 17.2 Å². The Labute approximate surface area is 177 Å². The molecule has 0 spiro atoms. The Balaban J connectivity index is 1.53. The summed E-state index contributed by atoms with van der Waals surface area (Å²) in [6.45, 7) is 3.47. The number of benzene rings is 2. The molecule has 30 heavy (non-hydrogen) atoms. The predicted octanol–water partition coefficient (Wildman–Crippen LogP) is 2.97. The first-order valence-corrected chi connectivity index (χ1v) is 11.6. The van der Waals surface area contributed by atoms with Crippen LogP contribution in [0.5, 0.6) is 11.5 Å². The fraction of sp³-hybridized carbons (Fsp3) is 0.409. The first-order valence-electron chi connectivity index (χ1n) is 10.1. The number of sulfonamides is 1. The maximum absolute atomic E-state index is 13.1. The van der Waals surface area contributed by atoms with Gasteiger partial charge in [0.25, 0.3) is 15.9 Å². The number of rotatable bonds is 4. The highest BCUT2D eigenvalue weighted by molar-refractivity contribution is 7.92. The van der Waals surface area contributed by atoms with Crippen molar-refractivity contribution in [3.8, 4) is 11.5 Å². The van der Waals surface area contributed by atoms with E-state index in [2.05, 4.69) is 0 Å². The van der Waals surface area contributed by atoms with Crippen LogP contribution in [0.3, 0.4) is 0 Å². The predicted molar refractivity (Wildman–Crippen MR) is 114 cm³/mol. The normalized spacial score (nSPS) is 18.7. The van der Waals surface area contributed by atoms with Crippen LogP contribution in [0.25, 0.3) is 0 Å². The summed E-state index contributed by atoms with van der Waals surface area (Å²) < 4.78 is 39.0. The number of anilines is 1. The number of ether oxygens (including phenoxy) is 2. The Morgan fingerprint density at radius 1 is 1.07 bits per heavy atom. The van der Waals surface area contributed by atoms with Gasteiger partial charge in [0.05, 0.1) is 10.6 Å². The Bertz CT molecular complexity index is 1050. The van der Waals surface area contributed by atoms with Crippen LogP contribution in [0.4, 0.5) is 5.69 Å². The average molecular weight is 431 g/mol. The van der Waals surface area contributed by atoms with E-state index in [0.717, 1.165) is 37.9 Å². The molecule has 0 radical (unpaired) electrons. The molecule has 1 fully saturated rings. The lowest BCUT2D eigenvalue weighted by Gasteiger charge is -2.32. The van der Waals surface area contributed by atoms with Crippen LogP contribution in [-0.2, 0) is 14.8 Å². The lowest BCUT2D eigenvalue weighted by Crippen LogP contribution is -2.48. The van der Waals surface area contributed by atoms with Crippen LogP contribution in [0.2, 0.25) is 0 Å². The van der Waals surface area contributed by atoms with Crippen LogP contribution in [-0.4, -0.2) is 52.1 Å². The molecular formula is C22H26N2O5S. The van der Waals surface area contributed by atoms with Gasteiger partial charge >= 0.3 is 0 Å². The van der Waals surface area contributed by atoms with Gasteiger partial charge in [0.1, 0.15) is 6.61 Å². The summed E-state index contributed by atoms with van der Waals surface area (Å²) in [7, 11) is -2.24. The highest BCUT2D eigenvalue weighted by Gasteiger charge is 2.33. The number of aryl methyl sites for hydroxylation is 1. The van der Waals surface area contributed by atoms with Crippen molar-refractivity contribution in [1.29, 1.82) is 0 Å². The minimum Gasteiger partial charge on any atom is -0.485 e. The molecule has 8 heteroatoms. The summed E-state index contributed by atoms with van der Waals surface area (Å²) in [6.07, 6.45) is 2.45. The molecule has 2 aliphatic rings. The van der Waals surface area contributed by atoms with Crippen molar-refractivity contribution in [1.82, 2.24) is 4.90 Å². The number of carbonyl (C=O) groups is 1. The molecule has 2 heterocycles. The number of likely N-dealkylation sites (tertiary alicyclic amines) is 1. The molecule has 2 aromatic rings. The van der Waals surface area contributed by atoms with Gasteiger partial charge in [0.15, 0.2) is 11.5 Å². The quantitative estimate of drug-likeness (QED) is 0.745. The van der Waals surface area contributed by atoms with Crippen molar-refractivity contribution in [2.75, 3.05) is 31.0 Å². The smallest absolute Gasteiger partial charge is 0.267 e. The molecule has 0 saturated carbocycles. The van der Waals surface area contributed by atoms with Crippen LogP contribution in [0.15, 0.2) is 47.4 Å². The third-order valence-corrected chi connectivity index (χ3v) is 7.32. The Morgan fingerprint density at radius 3 is 2.57 bits per heavy atom. The number of fused-ring (bicyclic) bond motifs is 1. The number of hydrogen-bond acceptors (Lipinski definition) is 5. The molecule has 2 aromatic carbocycles. The van der Waals surface area contributed by atoms with Gasteiger partial charge in [-0.2, -0.15) is 0 Å². The molecule has 0 aliphatic carbocycles. The van der Waals surface area contributed by atoms with E-state index in [-0.39, 0.29) is 17.4 Å². The summed E-state index contributed by atoms with van der Waals surface area (Å²) >= 11 is 0. The zero-order valence-electron chi connectivity index (χ0n) is 17.2. The molecule has 4 rings (SSSR count). The van der Waals surface area contributed by atoms with Gasteiger partial charge in [-0.3, -0.25) is 9.10 Å². The summed E-state index contributed by atoms with van der Waals surface area (Å²) in [5.74, 6) is 0.640. The lowest BCUT2D eigenvalue weighted by atomic mass is 10.1. The fourth-order valence-electron chi connectivity index (χ4n) is 3.77. The molecular weight excluding hydrogens is 404 g/mol. The fourth-order valence-corrected chi connectivity index (χ4v) is 4.98. The first kappa shape index (κ1) is 20.5. The summed E-state index contributed by atoms with van der Waals surface area (Å²) in [6, 6.07) is 11.8. The number of carbonyl (C=O) groups excluding carboxylic acids is 1. The minimum atomic E-state index is -3.77. The standard InChI is InChI=1S/C22H26N2O5S/c1-16-7-6-8-17(13-16)23(2)30(26,27)18-9-10-19-20(14-18)28-15-21(29-19)22(25)24-11-4-3-5-12-24/h6-10,13-14,21H,3-5,11-12,15H2,1-2H3/t21-/m0/s1. The molecule has 0 aromatic heterocycles. The van der Waals surface area contributed by atoms with E-state index >= 15 is 0 Å². The molecule has 1 amide bonds. The second-order valence-electron chi connectivity index (χ2n) is 7.72. The highest BCUT2D eigenvalue weighted by Crippen LogP contribution is 2.35. The Hall–Kier alpha value is -2.74. The van der Waals surface area contributed by atoms with Crippen LogP contribution >= 0.6 is 0 Å². The van der Waals surface area contributed by atoms with Crippen molar-refractivity contribution in [2.45, 2.75) is 37.2 Å². The van der Waals surface area contributed by atoms with E-state index in [4.69, 9.17) is 9.47 Å². The van der Waals surface area contributed by atoms with Crippen LogP contribution in [0, 0.1) is 6.92 Å². The van der Waals surface area contributed by atoms with Crippen molar-refractivity contribution in [3.63, 3.8) is 0 Å². The number of amides is 1. The number of hydrogen-bond donors (Lipinski definition) is 0. The molecule has 0 N–H and O–H groups in total. The van der Waals surface area contributed by atoms with Gasteiger partial charge in [0, 0.05) is 26.2 Å². The lowest BCUT2D eigenvalue weighted by molar-refractivity contribution is -0.142. The van der Waals surface area contributed by atoms with Gasteiger partial charge in [-0.1, -0.05) is 12.1 Å². The van der Waals surface area contributed by atoms with Crippen molar-refractivity contribution in [2.24, 2.45) is 0 Å². The van der Waals surface area contributed by atoms with Crippen molar-refractivity contribution < 1.29 is 22.7 Å². The number of nitrogens with zero attached hydrogens (tertiary/aromatic N) is 2. The largest absolute Gasteiger partial charge is 0.485 e. The summed E-state index contributed by atoms with van der Waals surface area (Å²) in [5, 5.41) is 0. The SMILES string of the molecule is Cc1cccc(N(C)S(=O)(=O)c2ccc3c(c2)OC[C@@H](C(=O)N2CCCCC2)O3)c1. The van der Waals surface area contributed by atoms with Gasteiger partial charge in [-0.05, 0) is 56.0 Å². The second kappa shape index (κ2) is 8.18. The zero-order valence-corrected chi connectivity index (χ0v) is 18.0. The van der Waals surface area contributed by atoms with E-state index in [1.165, 1.54) is 23.5 Å². The monoisotopic (exact) mass is 430 g/mol.